The maximum atomic E-state index is 12.4. The molecule has 7 heteroatoms. The van der Waals surface area contributed by atoms with E-state index in [4.69, 9.17) is 17.0 Å². The first-order valence-electron chi connectivity index (χ1n) is 8.57. The first kappa shape index (κ1) is 20.5. The van der Waals surface area contributed by atoms with Gasteiger partial charge in [0.2, 0.25) is 0 Å². The van der Waals surface area contributed by atoms with Crippen LogP contribution in [0.3, 0.4) is 0 Å². The van der Waals surface area contributed by atoms with E-state index in [9.17, 15) is 9.59 Å². The van der Waals surface area contributed by atoms with Gasteiger partial charge in [0.05, 0.1) is 3.57 Å². The third kappa shape index (κ3) is 4.25. The van der Waals surface area contributed by atoms with Crippen molar-refractivity contribution < 1.29 is 14.3 Å². The number of nitrogens with zero attached hydrogens (tertiary/aromatic N) is 2. The number of carbonyl (C=O) groups excluding carboxylic acids is 2. The van der Waals surface area contributed by atoms with Crippen LogP contribution in [0.2, 0.25) is 0 Å². The molecule has 0 N–H and O–H groups in total. The molecule has 0 atom stereocenters. The summed E-state index contributed by atoms with van der Waals surface area (Å²) in [6, 6.07) is 13.7. The molecular weight excluding hydrogens is 487 g/mol. The van der Waals surface area contributed by atoms with E-state index in [1.165, 1.54) is 15.4 Å². The van der Waals surface area contributed by atoms with Crippen LogP contribution in [-0.4, -0.2) is 40.8 Å². The van der Waals surface area contributed by atoms with E-state index in [0.29, 0.717) is 6.61 Å². The number of likely N-dealkylation sites (N-methyl/N-ethyl adjacent to an activating group) is 2. The number of benzene rings is 2. The molecule has 0 bridgehead atoms. The number of rotatable bonds is 4. The van der Waals surface area contributed by atoms with Crippen LogP contribution in [0, 0.1) is 10.5 Å². The zero-order valence-corrected chi connectivity index (χ0v) is 18.7. The van der Waals surface area contributed by atoms with Crippen molar-refractivity contribution in [3.05, 3.63) is 68.3 Å². The number of ether oxygens (including phenoxy) is 1. The SMILES string of the molecule is Cc1ccc(COc2ccc(C=C3C(=O)N(C)C(=S)N(C)C3=O)cc2I)cc1. The Kier molecular flexibility index (Phi) is 6.14. The molecule has 1 heterocycles. The fraction of sp³-hybridized carbons (Fsp3) is 0.190. The highest BCUT2D eigenvalue weighted by molar-refractivity contribution is 14.1. The molecule has 3 rings (SSSR count). The highest BCUT2D eigenvalue weighted by atomic mass is 127. The highest BCUT2D eigenvalue weighted by Gasteiger charge is 2.35. The first-order chi connectivity index (χ1) is 13.3. The number of amides is 2. The van der Waals surface area contributed by atoms with Crippen molar-refractivity contribution in [2.75, 3.05) is 14.1 Å². The minimum absolute atomic E-state index is 0.0859. The van der Waals surface area contributed by atoms with Gasteiger partial charge in [0.1, 0.15) is 17.9 Å². The Labute approximate surface area is 183 Å². The molecule has 1 fully saturated rings. The molecular formula is C21H19IN2O3S. The van der Waals surface area contributed by atoms with E-state index in [1.54, 1.807) is 20.2 Å². The van der Waals surface area contributed by atoms with E-state index in [0.717, 1.165) is 20.4 Å². The quantitative estimate of drug-likeness (QED) is 0.274. The van der Waals surface area contributed by atoms with Gasteiger partial charge < -0.3 is 4.74 Å². The van der Waals surface area contributed by atoms with Gasteiger partial charge in [-0.05, 0) is 71.1 Å². The standard InChI is InChI=1S/C21H19IN2O3S/c1-13-4-6-14(7-5-13)12-27-18-9-8-15(11-17(18)22)10-16-19(25)23(2)21(28)24(3)20(16)26/h4-11H,12H2,1-3H3. The molecule has 1 saturated heterocycles. The largest absolute Gasteiger partial charge is 0.488 e. The molecule has 2 amide bonds. The van der Waals surface area contributed by atoms with Gasteiger partial charge in [-0.3, -0.25) is 19.4 Å². The third-order valence-corrected chi connectivity index (χ3v) is 5.82. The lowest BCUT2D eigenvalue weighted by Crippen LogP contribution is -2.52. The summed E-state index contributed by atoms with van der Waals surface area (Å²) < 4.78 is 6.80. The summed E-state index contributed by atoms with van der Waals surface area (Å²) in [5, 5.41) is 0.196. The van der Waals surface area contributed by atoms with Gasteiger partial charge in [0, 0.05) is 14.1 Å². The van der Waals surface area contributed by atoms with Crippen LogP contribution in [-0.2, 0) is 16.2 Å². The van der Waals surface area contributed by atoms with E-state index < -0.39 is 11.8 Å². The zero-order chi connectivity index (χ0) is 20.4. The van der Waals surface area contributed by atoms with Crippen molar-refractivity contribution in [2.45, 2.75) is 13.5 Å². The van der Waals surface area contributed by atoms with E-state index in [-0.39, 0.29) is 10.7 Å². The molecule has 28 heavy (non-hydrogen) atoms. The molecule has 1 aliphatic rings. The average Bonchev–Trinajstić information content (AvgIpc) is 2.69. The predicted molar refractivity (Wildman–Crippen MR) is 121 cm³/mol. The number of thiocarbonyl (C=S) groups is 1. The number of hydrogen-bond donors (Lipinski definition) is 0. The fourth-order valence-electron chi connectivity index (χ4n) is 2.71. The molecule has 0 radical (unpaired) electrons. The van der Waals surface area contributed by atoms with Crippen molar-refractivity contribution >= 4 is 57.8 Å². The van der Waals surface area contributed by atoms with Gasteiger partial charge >= 0.3 is 0 Å². The summed E-state index contributed by atoms with van der Waals surface area (Å²) in [6.07, 6.45) is 1.59. The van der Waals surface area contributed by atoms with Crippen molar-refractivity contribution in [1.82, 2.24) is 9.80 Å². The summed E-state index contributed by atoms with van der Waals surface area (Å²) in [5.74, 6) is -0.0503. The van der Waals surface area contributed by atoms with Gasteiger partial charge in [0.25, 0.3) is 11.8 Å². The maximum absolute atomic E-state index is 12.4. The van der Waals surface area contributed by atoms with Crippen molar-refractivity contribution in [3.8, 4) is 5.75 Å². The molecule has 0 aliphatic carbocycles. The van der Waals surface area contributed by atoms with Crippen LogP contribution >= 0.6 is 34.8 Å². The Morgan fingerprint density at radius 2 is 1.64 bits per heavy atom. The van der Waals surface area contributed by atoms with Gasteiger partial charge in [-0.1, -0.05) is 35.9 Å². The minimum atomic E-state index is -0.400. The molecule has 0 unspecified atom stereocenters. The fourth-order valence-corrected chi connectivity index (χ4v) is 3.57. The average molecular weight is 506 g/mol. The van der Waals surface area contributed by atoms with Crippen molar-refractivity contribution in [1.29, 1.82) is 0 Å². The van der Waals surface area contributed by atoms with Crippen LogP contribution in [0.1, 0.15) is 16.7 Å². The summed E-state index contributed by atoms with van der Waals surface area (Å²) >= 11 is 7.29. The Bertz CT molecular complexity index is 960. The molecule has 0 saturated carbocycles. The lowest BCUT2D eigenvalue weighted by atomic mass is 10.1. The van der Waals surface area contributed by atoms with Crippen molar-refractivity contribution in [3.63, 3.8) is 0 Å². The number of carbonyl (C=O) groups is 2. The van der Waals surface area contributed by atoms with E-state index in [1.807, 2.05) is 37.3 Å². The van der Waals surface area contributed by atoms with Crippen LogP contribution in [0.4, 0.5) is 0 Å². The number of aryl methyl sites for hydroxylation is 1. The van der Waals surface area contributed by atoms with Gasteiger partial charge in [0.15, 0.2) is 5.11 Å². The second-order valence-corrected chi connectivity index (χ2v) is 8.06. The second-order valence-electron chi connectivity index (χ2n) is 6.53. The normalized spacial score (nSPS) is 14.6. The minimum Gasteiger partial charge on any atom is -0.488 e. The number of hydrogen-bond acceptors (Lipinski definition) is 4. The van der Waals surface area contributed by atoms with Crippen LogP contribution in [0.15, 0.2) is 48.0 Å². The number of halogens is 1. The summed E-state index contributed by atoms with van der Waals surface area (Å²) in [4.78, 5) is 27.5. The summed E-state index contributed by atoms with van der Waals surface area (Å²) in [5.41, 5.74) is 3.13. The second kappa shape index (κ2) is 8.40. The van der Waals surface area contributed by atoms with Crippen LogP contribution in [0.25, 0.3) is 6.08 Å². The molecule has 5 nitrogen and oxygen atoms in total. The van der Waals surface area contributed by atoms with Gasteiger partial charge in [-0.25, -0.2) is 0 Å². The lowest BCUT2D eigenvalue weighted by molar-refractivity contribution is -0.132. The molecule has 0 spiro atoms. The summed E-state index contributed by atoms with van der Waals surface area (Å²) in [6.45, 7) is 2.52. The Hall–Kier alpha value is -2.26. The van der Waals surface area contributed by atoms with Gasteiger partial charge in [-0.2, -0.15) is 0 Å². The van der Waals surface area contributed by atoms with E-state index >= 15 is 0 Å². The smallest absolute Gasteiger partial charge is 0.265 e. The van der Waals surface area contributed by atoms with Crippen LogP contribution in [0.5, 0.6) is 5.75 Å². The highest BCUT2D eigenvalue weighted by Crippen LogP contribution is 2.25. The van der Waals surface area contributed by atoms with Gasteiger partial charge in [-0.15, -0.1) is 0 Å². The van der Waals surface area contributed by atoms with E-state index in [2.05, 4.69) is 34.7 Å². The first-order valence-corrected chi connectivity index (χ1v) is 10.1. The molecule has 144 valence electrons. The monoisotopic (exact) mass is 506 g/mol. The molecule has 1 aliphatic heterocycles. The Morgan fingerprint density at radius 3 is 2.21 bits per heavy atom. The van der Waals surface area contributed by atoms with Crippen molar-refractivity contribution in [2.24, 2.45) is 0 Å². The molecule has 0 aromatic heterocycles. The van der Waals surface area contributed by atoms with Crippen LogP contribution < -0.4 is 4.74 Å². The third-order valence-electron chi connectivity index (χ3n) is 4.43. The Morgan fingerprint density at radius 1 is 1.04 bits per heavy atom. The molecule has 2 aromatic rings. The maximum Gasteiger partial charge on any atom is 0.265 e. The lowest BCUT2D eigenvalue weighted by Gasteiger charge is -2.31. The Balaban J connectivity index is 1.79. The zero-order valence-electron chi connectivity index (χ0n) is 15.7. The topological polar surface area (TPSA) is 49.9 Å². The predicted octanol–water partition coefficient (Wildman–Crippen LogP) is 3.78. The summed E-state index contributed by atoms with van der Waals surface area (Å²) in [7, 11) is 3.13. The molecule has 2 aromatic carbocycles.